The van der Waals surface area contributed by atoms with Gasteiger partial charge in [0, 0.05) is 5.02 Å². The molecule has 0 unspecified atom stereocenters. The minimum atomic E-state index is -0.534. The summed E-state index contributed by atoms with van der Waals surface area (Å²) in [4.78, 5) is 24.9. The molecule has 4 nitrogen and oxygen atoms in total. The quantitative estimate of drug-likeness (QED) is 0.685. The predicted octanol–water partition coefficient (Wildman–Crippen LogP) is 4.64. The van der Waals surface area contributed by atoms with Gasteiger partial charge in [0.1, 0.15) is 0 Å². The van der Waals surface area contributed by atoms with Crippen LogP contribution in [0.25, 0.3) is 0 Å². The number of esters is 1. The zero-order valence-electron chi connectivity index (χ0n) is 15.1. The van der Waals surface area contributed by atoms with Crippen LogP contribution in [0.4, 0.5) is 0 Å². The number of amides is 1. The Morgan fingerprint density at radius 1 is 1.04 bits per heavy atom. The normalized spacial score (nSPS) is 12.9. The molecule has 1 amide bonds. The number of benzene rings is 2. The van der Waals surface area contributed by atoms with Crippen molar-refractivity contribution in [2.45, 2.75) is 38.6 Å². The average molecular weight is 374 g/mol. The molecule has 0 aliphatic heterocycles. The maximum absolute atomic E-state index is 12.9. The van der Waals surface area contributed by atoms with Crippen LogP contribution in [0.15, 0.2) is 54.6 Å². The van der Waals surface area contributed by atoms with Gasteiger partial charge in [0.25, 0.3) is 0 Å². The zero-order chi connectivity index (χ0) is 18.9. The highest BCUT2D eigenvalue weighted by Gasteiger charge is 2.25. The smallest absolute Gasteiger partial charge is 0.308 e. The Morgan fingerprint density at radius 2 is 1.69 bits per heavy atom. The summed E-state index contributed by atoms with van der Waals surface area (Å²) >= 11 is 6.29. The molecule has 0 aromatic heterocycles. The molecular formula is C21H24ClNO3. The van der Waals surface area contributed by atoms with Gasteiger partial charge >= 0.3 is 5.97 Å². The second-order valence-electron chi connectivity index (χ2n) is 5.96. The third-order valence-corrected chi connectivity index (χ3v) is 4.54. The number of hydrogen-bond donors (Lipinski definition) is 1. The molecule has 0 aliphatic carbocycles. The third kappa shape index (κ3) is 5.33. The molecule has 5 heteroatoms. The van der Waals surface area contributed by atoms with Crippen LogP contribution in [0, 0.1) is 0 Å². The molecule has 26 heavy (non-hydrogen) atoms. The summed E-state index contributed by atoms with van der Waals surface area (Å²) in [6.07, 6.45) is 0.693. The Hall–Kier alpha value is -2.33. The lowest BCUT2D eigenvalue weighted by Gasteiger charge is -2.23. The molecule has 138 valence electrons. The maximum atomic E-state index is 12.9. The van der Waals surface area contributed by atoms with Crippen LogP contribution in [0.3, 0.4) is 0 Å². The molecule has 2 rings (SSSR count). The molecule has 0 heterocycles. The summed E-state index contributed by atoms with van der Waals surface area (Å²) in [6, 6.07) is 16.3. The van der Waals surface area contributed by atoms with Gasteiger partial charge in [-0.15, -0.1) is 0 Å². The fourth-order valence-corrected chi connectivity index (χ4v) is 3.18. The van der Waals surface area contributed by atoms with Crippen LogP contribution in [0.2, 0.25) is 5.02 Å². The number of rotatable bonds is 8. The first kappa shape index (κ1) is 20.0. The largest absolute Gasteiger partial charge is 0.466 e. The van der Waals surface area contributed by atoms with Gasteiger partial charge in [-0.2, -0.15) is 0 Å². The SMILES string of the molecule is CCOC(=O)C[C@H](NC(=O)[C@@H](CC)c1ccccc1)c1ccccc1Cl. The number of ether oxygens (including phenoxy) is 1. The van der Waals surface area contributed by atoms with E-state index in [1.165, 1.54) is 0 Å². The van der Waals surface area contributed by atoms with Gasteiger partial charge in [0.05, 0.1) is 25.0 Å². The molecular weight excluding hydrogens is 350 g/mol. The van der Waals surface area contributed by atoms with Crippen molar-refractivity contribution in [3.63, 3.8) is 0 Å². The first-order chi connectivity index (χ1) is 12.6. The Bertz CT molecular complexity index is 733. The maximum Gasteiger partial charge on any atom is 0.308 e. The topological polar surface area (TPSA) is 55.4 Å². The van der Waals surface area contributed by atoms with Gasteiger partial charge in [-0.25, -0.2) is 0 Å². The monoisotopic (exact) mass is 373 g/mol. The zero-order valence-corrected chi connectivity index (χ0v) is 15.8. The molecule has 0 bridgehead atoms. The van der Waals surface area contributed by atoms with E-state index in [1.807, 2.05) is 55.5 Å². The number of carbonyl (C=O) groups excluding carboxylic acids is 2. The van der Waals surface area contributed by atoms with Crippen molar-refractivity contribution >= 4 is 23.5 Å². The molecule has 0 radical (unpaired) electrons. The fourth-order valence-electron chi connectivity index (χ4n) is 2.91. The van der Waals surface area contributed by atoms with Crippen molar-refractivity contribution < 1.29 is 14.3 Å². The summed E-state index contributed by atoms with van der Waals surface area (Å²) in [5.74, 6) is -0.790. The highest BCUT2D eigenvalue weighted by atomic mass is 35.5. The number of halogens is 1. The van der Waals surface area contributed by atoms with Crippen LogP contribution >= 0.6 is 11.6 Å². The average Bonchev–Trinajstić information content (AvgIpc) is 2.63. The van der Waals surface area contributed by atoms with Crippen molar-refractivity contribution in [2.75, 3.05) is 6.61 Å². The van der Waals surface area contributed by atoms with Crippen molar-refractivity contribution in [3.8, 4) is 0 Å². The number of nitrogens with one attached hydrogen (secondary N) is 1. The van der Waals surface area contributed by atoms with E-state index < -0.39 is 6.04 Å². The van der Waals surface area contributed by atoms with E-state index in [9.17, 15) is 9.59 Å². The molecule has 2 aromatic rings. The van der Waals surface area contributed by atoms with E-state index in [1.54, 1.807) is 13.0 Å². The van der Waals surface area contributed by atoms with Crippen LogP contribution in [0.5, 0.6) is 0 Å². The van der Waals surface area contributed by atoms with Crippen molar-refractivity contribution in [3.05, 3.63) is 70.7 Å². The van der Waals surface area contributed by atoms with Gasteiger partial charge in [-0.05, 0) is 30.5 Å². The molecule has 0 saturated heterocycles. The molecule has 0 aliphatic rings. The van der Waals surface area contributed by atoms with E-state index in [0.717, 1.165) is 5.56 Å². The third-order valence-electron chi connectivity index (χ3n) is 4.20. The Morgan fingerprint density at radius 3 is 2.31 bits per heavy atom. The molecule has 1 N–H and O–H groups in total. The van der Waals surface area contributed by atoms with Gasteiger partial charge < -0.3 is 10.1 Å². The lowest BCUT2D eigenvalue weighted by molar-refractivity contribution is -0.143. The highest BCUT2D eigenvalue weighted by molar-refractivity contribution is 6.31. The highest BCUT2D eigenvalue weighted by Crippen LogP contribution is 2.27. The lowest BCUT2D eigenvalue weighted by Crippen LogP contribution is -2.34. The summed E-state index contributed by atoms with van der Waals surface area (Å²) in [6.45, 7) is 4.01. The number of carbonyl (C=O) groups is 2. The molecule has 2 aromatic carbocycles. The standard InChI is InChI=1S/C21H24ClNO3/c1-3-16(15-10-6-5-7-11-15)21(25)23-19(14-20(24)26-4-2)17-12-8-9-13-18(17)22/h5-13,16,19H,3-4,14H2,1-2H3,(H,23,25)/t16-,19-/m0/s1. The Kier molecular flexibility index (Phi) is 7.67. The first-order valence-corrected chi connectivity index (χ1v) is 9.19. The van der Waals surface area contributed by atoms with Crippen LogP contribution in [-0.4, -0.2) is 18.5 Å². The van der Waals surface area contributed by atoms with Crippen molar-refractivity contribution in [2.24, 2.45) is 0 Å². The van der Waals surface area contributed by atoms with Crippen LogP contribution in [0.1, 0.15) is 49.8 Å². The lowest BCUT2D eigenvalue weighted by atomic mass is 9.94. The van der Waals surface area contributed by atoms with Crippen molar-refractivity contribution in [1.82, 2.24) is 5.32 Å². The van der Waals surface area contributed by atoms with Crippen LogP contribution in [-0.2, 0) is 14.3 Å². The summed E-state index contributed by atoms with van der Waals surface area (Å²) in [5, 5.41) is 3.50. The van der Waals surface area contributed by atoms with Crippen molar-refractivity contribution in [1.29, 1.82) is 0 Å². The molecule has 0 fully saturated rings. The van der Waals surface area contributed by atoms with E-state index in [0.29, 0.717) is 23.6 Å². The van der Waals surface area contributed by atoms with Gasteiger partial charge in [0.2, 0.25) is 5.91 Å². The van der Waals surface area contributed by atoms with E-state index >= 15 is 0 Å². The second-order valence-corrected chi connectivity index (χ2v) is 6.37. The Labute approximate surface area is 159 Å². The summed E-state index contributed by atoms with van der Waals surface area (Å²) < 4.78 is 5.05. The second kappa shape index (κ2) is 9.97. The number of hydrogen-bond acceptors (Lipinski definition) is 3. The minimum absolute atomic E-state index is 0.0362. The predicted molar refractivity (Wildman–Crippen MR) is 103 cm³/mol. The van der Waals surface area contributed by atoms with Gasteiger partial charge in [-0.1, -0.05) is 67.1 Å². The summed E-state index contributed by atoms with van der Waals surface area (Å²) in [5.41, 5.74) is 1.65. The molecule has 2 atom stereocenters. The van der Waals surface area contributed by atoms with E-state index in [2.05, 4.69) is 5.32 Å². The fraction of sp³-hybridized carbons (Fsp3) is 0.333. The van der Waals surface area contributed by atoms with Gasteiger partial charge in [0.15, 0.2) is 0 Å². The van der Waals surface area contributed by atoms with E-state index in [4.69, 9.17) is 16.3 Å². The van der Waals surface area contributed by atoms with Crippen LogP contribution < -0.4 is 5.32 Å². The Balaban J connectivity index is 2.23. The molecule has 0 spiro atoms. The van der Waals surface area contributed by atoms with E-state index in [-0.39, 0.29) is 24.2 Å². The summed E-state index contributed by atoms with van der Waals surface area (Å²) in [7, 11) is 0. The molecule has 0 saturated carbocycles. The minimum Gasteiger partial charge on any atom is -0.466 e. The van der Waals surface area contributed by atoms with Gasteiger partial charge in [-0.3, -0.25) is 9.59 Å². The first-order valence-electron chi connectivity index (χ1n) is 8.82.